The fraction of sp³-hybridized carbons (Fsp3) is 0.640. The van der Waals surface area contributed by atoms with Gasteiger partial charge in [-0.1, -0.05) is 51.9 Å². The zero-order valence-electron chi connectivity index (χ0n) is 19.6. The number of unbranched alkanes of at least 4 members (excludes halogenated alkanes) is 10. The van der Waals surface area contributed by atoms with Gasteiger partial charge in [-0.15, -0.1) is 23.2 Å². The third-order valence-corrected chi connectivity index (χ3v) is 6.02. The summed E-state index contributed by atoms with van der Waals surface area (Å²) in [5, 5.41) is 21.7. The average molecular weight is 480 g/mol. The quantitative estimate of drug-likeness (QED) is 0.135. The van der Waals surface area contributed by atoms with E-state index in [1.807, 2.05) is 0 Å². The summed E-state index contributed by atoms with van der Waals surface area (Å²) in [6.07, 6.45) is 11.7. The predicted octanol–water partition coefficient (Wildman–Crippen LogP) is 5.95. The van der Waals surface area contributed by atoms with Crippen LogP contribution in [0.1, 0.15) is 100 Å². The van der Waals surface area contributed by atoms with Crippen molar-refractivity contribution in [3.05, 3.63) is 17.0 Å². The highest BCUT2D eigenvalue weighted by atomic mass is 32.1. The molecule has 0 radical (unpaired) electrons. The van der Waals surface area contributed by atoms with Crippen molar-refractivity contribution in [2.24, 2.45) is 0 Å². The van der Waals surface area contributed by atoms with Crippen LogP contribution in [0.5, 0.6) is 0 Å². The van der Waals surface area contributed by atoms with Crippen LogP contribution in [0.3, 0.4) is 0 Å². The fourth-order valence-corrected chi connectivity index (χ4v) is 3.96. The molecule has 0 amide bonds. The van der Waals surface area contributed by atoms with Gasteiger partial charge in [-0.05, 0) is 31.4 Å². The number of carboxylic acids is 2. The molecule has 0 aliphatic carbocycles. The van der Waals surface area contributed by atoms with Crippen molar-refractivity contribution in [2.45, 2.75) is 96.5 Å². The highest BCUT2D eigenvalue weighted by Crippen LogP contribution is 2.23. The standard InChI is InChI=1S/C25H37NO6S/c1-2-3-4-5-6-7-8-9-10-11-12-13-14-15-18-26-22-17-16-21(33-22)25(31)32-20(24(29)30)19-23(27)28/h16-17,20,26H,2-9,12-15,18-19H2,1H3,(H,27,28)(H,29,30). The molecule has 3 N–H and O–H groups in total. The number of ether oxygens (including phenoxy) is 1. The number of anilines is 1. The molecule has 0 saturated heterocycles. The maximum absolute atomic E-state index is 12.1. The van der Waals surface area contributed by atoms with Crippen LogP contribution in [0.15, 0.2) is 12.1 Å². The van der Waals surface area contributed by atoms with Crippen LogP contribution in [0.4, 0.5) is 5.00 Å². The largest absolute Gasteiger partial charge is 0.481 e. The fourth-order valence-electron chi connectivity index (χ4n) is 3.14. The first kappa shape index (κ1) is 28.5. The summed E-state index contributed by atoms with van der Waals surface area (Å²) >= 11 is 1.15. The molecule has 0 saturated carbocycles. The van der Waals surface area contributed by atoms with Gasteiger partial charge in [0.05, 0.1) is 11.4 Å². The van der Waals surface area contributed by atoms with E-state index in [2.05, 4.69) is 24.1 Å². The number of aliphatic carboxylic acids is 2. The van der Waals surface area contributed by atoms with E-state index in [4.69, 9.17) is 14.9 Å². The Morgan fingerprint density at radius 2 is 1.55 bits per heavy atom. The Bertz CT molecular complexity index is 779. The number of carboxylic acid groups (broad SMARTS) is 2. The molecule has 7 nitrogen and oxygen atoms in total. The third kappa shape index (κ3) is 14.3. The van der Waals surface area contributed by atoms with Gasteiger partial charge in [0.2, 0.25) is 6.10 Å². The molecule has 1 unspecified atom stereocenters. The van der Waals surface area contributed by atoms with Crippen molar-refractivity contribution in [3.63, 3.8) is 0 Å². The van der Waals surface area contributed by atoms with Gasteiger partial charge in [0.1, 0.15) is 4.88 Å². The second-order valence-corrected chi connectivity index (χ2v) is 9.04. The summed E-state index contributed by atoms with van der Waals surface area (Å²) in [6.45, 7) is 3.00. The van der Waals surface area contributed by atoms with E-state index < -0.39 is 30.4 Å². The van der Waals surface area contributed by atoms with Gasteiger partial charge in [0, 0.05) is 19.4 Å². The average Bonchev–Trinajstić information content (AvgIpc) is 3.24. The van der Waals surface area contributed by atoms with Crippen molar-refractivity contribution in [1.82, 2.24) is 0 Å². The maximum Gasteiger partial charge on any atom is 0.349 e. The van der Waals surface area contributed by atoms with E-state index in [-0.39, 0.29) is 4.88 Å². The predicted molar refractivity (Wildman–Crippen MR) is 131 cm³/mol. The van der Waals surface area contributed by atoms with Crippen LogP contribution in [-0.2, 0) is 14.3 Å². The zero-order valence-corrected chi connectivity index (χ0v) is 20.4. The molecule has 1 aromatic rings. The second kappa shape index (κ2) is 18.0. The minimum atomic E-state index is -1.70. The molecule has 33 heavy (non-hydrogen) atoms. The molecule has 0 aliphatic heterocycles. The van der Waals surface area contributed by atoms with Gasteiger partial charge in [0.15, 0.2) is 0 Å². The SMILES string of the molecule is CCCCCCCCCC#CCCCCCNc1ccc(C(=O)OC(CC(=O)O)C(=O)O)s1. The second-order valence-electron chi connectivity index (χ2n) is 7.96. The number of hydrogen-bond acceptors (Lipinski definition) is 6. The molecular formula is C25H37NO6S. The topological polar surface area (TPSA) is 113 Å². The Balaban J connectivity index is 2.12. The van der Waals surface area contributed by atoms with Gasteiger partial charge >= 0.3 is 17.9 Å². The zero-order chi connectivity index (χ0) is 24.3. The molecule has 0 bridgehead atoms. The summed E-state index contributed by atoms with van der Waals surface area (Å²) < 4.78 is 4.80. The normalized spacial score (nSPS) is 11.3. The minimum Gasteiger partial charge on any atom is -0.481 e. The van der Waals surface area contributed by atoms with E-state index >= 15 is 0 Å². The van der Waals surface area contributed by atoms with E-state index in [1.54, 1.807) is 6.07 Å². The Labute approximate surface area is 200 Å². The Morgan fingerprint density at radius 1 is 0.939 bits per heavy atom. The van der Waals surface area contributed by atoms with Crippen LogP contribution in [0.25, 0.3) is 0 Å². The van der Waals surface area contributed by atoms with Gasteiger partial charge in [-0.2, -0.15) is 0 Å². The smallest absolute Gasteiger partial charge is 0.349 e. The summed E-state index contributed by atoms with van der Waals surface area (Å²) in [7, 11) is 0. The lowest BCUT2D eigenvalue weighted by Gasteiger charge is -2.10. The molecule has 1 heterocycles. The summed E-state index contributed by atoms with van der Waals surface area (Å²) in [6, 6.07) is 3.26. The number of esters is 1. The van der Waals surface area contributed by atoms with Crippen molar-refractivity contribution in [2.75, 3.05) is 11.9 Å². The molecular weight excluding hydrogens is 442 g/mol. The third-order valence-electron chi connectivity index (χ3n) is 5.00. The first-order valence-corrected chi connectivity index (χ1v) is 12.7. The van der Waals surface area contributed by atoms with Crippen molar-refractivity contribution >= 4 is 34.2 Å². The Hall–Kier alpha value is -2.53. The Kier molecular flexibility index (Phi) is 15.5. The summed E-state index contributed by atoms with van der Waals surface area (Å²) in [5.41, 5.74) is 0. The molecule has 1 rings (SSSR count). The van der Waals surface area contributed by atoms with Crippen LogP contribution < -0.4 is 5.32 Å². The minimum absolute atomic E-state index is 0.227. The monoisotopic (exact) mass is 479 g/mol. The molecule has 0 spiro atoms. The lowest BCUT2D eigenvalue weighted by atomic mass is 10.1. The molecule has 0 aliphatic rings. The van der Waals surface area contributed by atoms with Crippen molar-refractivity contribution < 1.29 is 29.3 Å². The number of nitrogens with one attached hydrogen (secondary N) is 1. The van der Waals surface area contributed by atoms with Gasteiger partial charge in [-0.3, -0.25) is 4.79 Å². The summed E-state index contributed by atoms with van der Waals surface area (Å²) in [5.74, 6) is 2.87. The maximum atomic E-state index is 12.1. The van der Waals surface area contributed by atoms with Gasteiger partial charge < -0.3 is 20.3 Å². The molecule has 184 valence electrons. The van der Waals surface area contributed by atoms with Crippen LogP contribution in [0.2, 0.25) is 0 Å². The first-order chi connectivity index (χ1) is 15.9. The Morgan fingerprint density at radius 3 is 2.15 bits per heavy atom. The first-order valence-electron chi connectivity index (χ1n) is 11.9. The number of hydrogen-bond donors (Lipinski definition) is 3. The number of thiophene rings is 1. The lowest BCUT2D eigenvalue weighted by Crippen LogP contribution is -2.29. The van der Waals surface area contributed by atoms with Crippen molar-refractivity contribution in [3.8, 4) is 11.8 Å². The van der Waals surface area contributed by atoms with Gasteiger partial charge in [-0.25, -0.2) is 9.59 Å². The molecule has 1 aromatic heterocycles. The molecule has 0 fully saturated rings. The molecule has 8 heteroatoms. The van der Waals surface area contributed by atoms with E-state index in [9.17, 15) is 14.4 Å². The lowest BCUT2D eigenvalue weighted by molar-refractivity contribution is -0.153. The van der Waals surface area contributed by atoms with E-state index in [0.717, 1.165) is 55.0 Å². The highest BCUT2D eigenvalue weighted by Gasteiger charge is 2.26. The molecule has 0 aromatic carbocycles. The van der Waals surface area contributed by atoms with Gasteiger partial charge in [0.25, 0.3) is 0 Å². The van der Waals surface area contributed by atoms with E-state index in [0.29, 0.717) is 0 Å². The number of carbonyl (C=O) groups is 3. The van der Waals surface area contributed by atoms with Crippen LogP contribution in [-0.4, -0.2) is 40.8 Å². The summed E-state index contributed by atoms with van der Waals surface area (Å²) in [4.78, 5) is 34.0. The van der Waals surface area contributed by atoms with E-state index in [1.165, 1.54) is 51.0 Å². The number of carbonyl (C=O) groups excluding carboxylic acids is 1. The van der Waals surface area contributed by atoms with Crippen LogP contribution >= 0.6 is 11.3 Å². The van der Waals surface area contributed by atoms with Crippen LogP contribution in [0, 0.1) is 11.8 Å². The van der Waals surface area contributed by atoms with Crippen molar-refractivity contribution in [1.29, 1.82) is 0 Å². The molecule has 1 atom stereocenters. The number of rotatable bonds is 18. The highest BCUT2D eigenvalue weighted by molar-refractivity contribution is 7.17.